The van der Waals surface area contributed by atoms with Crippen LogP contribution in [0.4, 0.5) is 4.39 Å². The predicted molar refractivity (Wildman–Crippen MR) is 70.9 cm³/mol. The fourth-order valence-electron chi connectivity index (χ4n) is 2.81. The van der Waals surface area contributed by atoms with E-state index in [4.69, 9.17) is 4.74 Å². The molecule has 3 aliphatic heterocycles. The van der Waals surface area contributed by atoms with Crippen molar-refractivity contribution < 1.29 is 19.3 Å². The molecular weight excluding hydrogens is 271 g/mol. The molecule has 0 spiro atoms. The van der Waals surface area contributed by atoms with Gasteiger partial charge >= 0.3 is 0 Å². The van der Waals surface area contributed by atoms with Crippen LogP contribution in [0, 0.1) is 0 Å². The molecule has 5 nitrogen and oxygen atoms in total. The van der Waals surface area contributed by atoms with Crippen LogP contribution >= 0.6 is 11.8 Å². The molecule has 3 aliphatic rings. The highest BCUT2D eigenvalue weighted by molar-refractivity contribution is 8.14. The number of nitrogens with zero attached hydrogens (tertiary/aromatic N) is 2. The second-order valence-electron chi connectivity index (χ2n) is 5.34. The molecule has 19 heavy (non-hydrogen) atoms. The Kier molecular flexibility index (Phi) is 3.72. The van der Waals surface area contributed by atoms with E-state index in [9.17, 15) is 14.6 Å². The van der Waals surface area contributed by atoms with Gasteiger partial charge in [0.15, 0.2) is 5.17 Å². The summed E-state index contributed by atoms with van der Waals surface area (Å²) in [5, 5.41) is 20.8. The summed E-state index contributed by atoms with van der Waals surface area (Å²) in [6.07, 6.45) is -2.28. The minimum atomic E-state index is -1.32. The molecule has 0 aromatic rings. The summed E-state index contributed by atoms with van der Waals surface area (Å²) in [6, 6.07) is -0.495. The van der Waals surface area contributed by atoms with Gasteiger partial charge in [-0.1, -0.05) is 11.8 Å². The number of fused-ring (bicyclic) bond motifs is 1. The number of amidine groups is 1. The van der Waals surface area contributed by atoms with Crippen molar-refractivity contribution in [2.45, 2.75) is 55.7 Å². The van der Waals surface area contributed by atoms with Crippen molar-refractivity contribution >= 4 is 16.9 Å². The number of alkyl halides is 1. The van der Waals surface area contributed by atoms with Crippen LogP contribution in [0.3, 0.4) is 0 Å². The lowest BCUT2D eigenvalue weighted by Gasteiger charge is -2.38. The first-order valence-corrected chi connectivity index (χ1v) is 7.61. The fraction of sp³-hybridized carbons (Fsp3) is 0.917. The first kappa shape index (κ1) is 13.6. The van der Waals surface area contributed by atoms with Crippen molar-refractivity contribution in [1.29, 1.82) is 0 Å². The molecule has 2 saturated heterocycles. The van der Waals surface area contributed by atoms with Gasteiger partial charge < -0.3 is 19.8 Å². The number of ether oxygens (including phenoxy) is 1. The van der Waals surface area contributed by atoms with E-state index < -0.39 is 36.0 Å². The molecule has 0 aromatic heterocycles. The van der Waals surface area contributed by atoms with Crippen LogP contribution in [-0.4, -0.2) is 69.3 Å². The van der Waals surface area contributed by atoms with Gasteiger partial charge in [-0.25, -0.2) is 4.39 Å². The van der Waals surface area contributed by atoms with E-state index >= 15 is 0 Å². The summed E-state index contributed by atoms with van der Waals surface area (Å²) < 4.78 is 19.0. The molecule has 7 heteroatoms. The zero-order valence-electron chi connectivity index (χ0n) is 10.8. The van der Waals surface area contributed by atoms with Crippen LogP contribution in [-0.2, 0) is 4.74 Å². The quantitative estimate of drug-likeness (QED) is 0.730. The molecule has 3 heterocycles. The van der Waals surface area contributed by atoms with Crippen molar-refractivity contribution in [3.8, 4) is 0 Å². The first-order chi connectivity index (χ1) is 9.08. The van der Waals surface area contributed by atoms with Crippen molar-refractivity contribution in [2.75, 3.05) is 13.1 Å². The molecule has 0 aliphatic carbocycles. The number of halogens is 1. The highest BCUT2D eigenvalue weighted by atomic mass is 32.2. The third-order valence-electron chi connectivity index (χ3n) is 3.92. The Morgan fingerprint density at radius 2 is 2.05 bits per heavy atom. The standard InChI is InChI=1S/C12H19FN2O3S/c1-6(13)10-9(17)8(16)7-11(18-10)19-12(14-7)15-4-2-3-5-15/h6-11,16-17H,2-5H2,1H3/t6?,7-,8-,9+,10-,11-/m1/s1. The van der Waals surface area contributed by atoms with Crippen molar-refractivity contribution in [1.82, 2.24) is 4.90 Å². The number of rotatable bonds is 1. The summed E-state index contributed by atoms with van der Waals surface area (Å²) in [7, 11) is 0. The molecule has 0 radical (unpaired) electrons. The highest BCUT2D eigenvalue weighted by Gasteiger charge is 2.50. The van der Waals surface area contributed by atoms with Crippen LogP contribution in [0.5, 0.6) is 0 Å². The molecule has 0 aromatic carbocycles. The monoisotopic (exact) mass is 290 g/mol. The van der Waals surface area contributed by atoms with E-state index in [1.165, 1.54) is 18.7 Å². The van der Waals surface area contributed by atoms with Crippen molar-refractivity contribution in [3.05, 3.63) is 0 Å². The average molecular weight is 290 g/mol. The molecule has 108 valence electrons. The third kappa shape index (κ3) is 2.37. The summed E-state index contributed by atoms with van der Waals surface area (Å²) in [6.45, 7) is 3.27. The van der Waals surface area contributed by atoms with E-state index in [1.54, 1.807) is 0 Å². The van der Waals surface area contributed by atoms with Crippen LogP contribution in [0.1, 0.15) is 19.8 Å². The van der Waals surface area contributed by atoms with Crippen LogP contribution in [0.25, 0.3) is 0 Å². The van der Waals surface area contributed by atoms with Crippen molar-refractivity contribution in [3.63, 3.8) is 0 Å². The normalized spacial score (nSPS) is 44.1. The Morgan fingerprint density at radius 1 is 1.37 bits per heavy atom. The Balaban J connectivity index is 1.75. The third-order valence-corrected chi connectivity index (χ3v) is 5.11. The lowest BCUT2D eigenvalue weighted by atomic mass is 9.96. The predicted octanol–water partition coefficient (Wildman–Crippen LogP) is 0.358. The van der Waals surface area contributed by atoms with E-state index in [-0.39, 0.29) is 0 Å². The fourth-order valence-corrected chi connectivity index (χ4v) is 4.08. The molecule has 0 bridgehead atoms. The Hall–Kier alpha value is -0.370. The molecule has 2 N–H and O–H groups in total. The summed E-state index contributed by atoms with van der Waals surface area (Å²) in [4.78, 5) is 6.63. The average Bonchev–Trinajstić information content (AvgIpc) is 3.01. The molecular formula is C12H19FN2O3S. The number of likely N-dealkylation sites (tertiary alicyclic amines) is 1. The summed E-state index contributed by atoms with van der Waals surface area (Å²) >= 11 is 1.43. The van der Waals surface area contributed by atoms with Gasteiger partial charge in [-0.2, -0.15) is 0 Å². The molecule has 6 atom stereocenters. The molecule has 3 rings (SSSR count). The van der Waals surface area contributed by atoms with Gasteiger partial charge in [0.1, 0.15) is 36.0 Å². The number of hydrogen-bond acceptors (Lipinski definition) is 6. The maximum absolute atomic E-state index is 13.4. The second kappa shape index (κ2) is 5.20. The van der Waals surface area contributed by atoms with E-state index in [1.807, 2.05) is 0 Å². The van der Waals surface area contributed by atoms with Gasteiger partial charge in [-0.15, -0.1) is 0 Å². The van der Waals surface area contributed by atoms with Crippen LogP contribution in [0.15, 0.2) is 4.99 Å². The molecule has 0 saturated carbocycles. The summed E-state index contributed by atoms with van der Waals surface area (Å²) in [5.41, 5.74) is -0.391. The largest absolute Gasteiger partial charge is 0.388 e. The number of aliphatic hydroxyl groups is 2. The SMILES string of the molecule is CC(F)[C@H]1O[C@@H]2SC(N3CCCC3)=N[C@@H]2[C@@H](O)[C@@H]1O. The van der Waals surface area contributed by atoms with Crippen LogP contribution < -0.4 is 0 Å². The molecule has 0 amide bonds. The molecule has 1 unspecified atom stereocenters. The lowest BCUT2D eigenvalue weighted by molar-refractivity contribution is -0.170. The Labute approximate surface area is 115 Å². The zero-order chi connectivity index (χ0) is 13.6. The molecule has 2 fully saturated rings. The van der Waals surface area contributed by atoms with Gasteiger partial charge in [0.05, 0.1) is 0 Å². The topological polar surface area (TPSA) is 65.3 Å². The Bertz CT molecular complexity index is 376. The lowest BCUT2D eigenvalue weighted by Crippen LogP contribution is -2.57. The Morgan fingerprint density at radius 3 is 2.68 bits per heavy atom. The zero-order valence-corrected chi connectivity index (χ0v) is 11.6. The smallest absolute Gasteiger partial charge is 0.162 e. The maximum Gasteiger partial charge on any atom is 0.162 e. The summed E-state index contributed by atoms with van der Waals surface area (Å²) in [5.74, 6) is 0. The second-order valence-corrected chi connectivity index (χ2v) is 6.41. The first-order valence-electron chi connectivity index (χ1n) is 6.73. The van der Waals surface area contributed by atoms with E-state index in [2.05, 4.69) is 9.89 Å². The minimum absolute atomic E-state index is 0.391. The number of thioether (sulfide) groups is 1. The van der Waals surface area contributed by atoms with Gasteiger partial charge in [0.25, 0.3) is 0 Å². The minimum Gasteiger partial charge on any atom is -0.388 e. The van der Waals surface area contributed by atoms with Gasteiger partial charge in [0.2, 0.25) is 0 Å². The van der Waals surface area contributed by atoms with Crippen molar-refractivity contribution in [2.24, 2.45) is 4.99 Å². The number of aliphatic imine (C=N–C) groups is 1. The highest BCUT2D eigenvalue weighted by Crippen LogP contribution is 2.39. The number of aliphatic hydroxyl groups excluding tert-OH is 2. The van der Waals surface area contributed by atoms with Crippen LogP contribution in [0.2, 0.25) is 0 Å². The van der Waals surface area contributed by atoms with E-state index in [0.717, 1.165) is 31.1 Å². The maximum atomic E-state index is 13.4. The van der Waals surface area contributed by atoms with Gasteiger partial charge in [-0.3, -0.25) is 4.99 Å². The number of hydrogen-bond donors (Lipinski definition) is 2. The van der Waals surface area contributed by atoms with Gasteiger partial charge in [0, 0.05) is 13.1 Å². The van der Waals surface area contributed by atoms with E-state index in [0.29, 0.717) is 0 Å². The van der Waals surface area contributed by atoms with Gasteiger partial charge in [-0.05, 0) is 19.8 Å².